The van der Waals surface area contributed by atoms with Gasteiger partial charge in [0.2, 0.25) is 0 Å². The zero-order valence-electron chi connectivity index (χ0n) is 9.88. The van der Waals surface area contributed by atoms with Gasteiger partial charge in [-0.15, -0.1) is 0 Å². The summed E-state index contributed by atoms with van der Waals surface area (Å²) in [5.74, 6) is 0. The number of halogens is 1. The Hall–Kier alpha value is -0.810. The van der Waals surface area contributed by atoms with Crippen molar-refractivity contribution in [3.63, 3.8) is 0 Å². The van der Waals surface area contributed by atoms with Gasteiger partial charge in [0.05, 0.1) is 11.5 Å². The monoisotopic (exact) mass is 289 g/mol. The summed E-state index contributed by atoms with van der Waals surface area (Å²) in [6.07, 6.45) is 6.88. The minimum absolute atomic E-state index is 0.0249. The van der Waals surface area contributed by atoms with Crippen LogP contribution in [0, 0.1) is 16.7 Å². The third kappa shape index (κ3) is 1.72. The molecule has 1 nitrogen and oxygen atoms in total. The quantitative estimate of drug-likeness (QED) is 0.743. The molecule has 3 aliphatic carbocycles. The van der Waals surface area contributed by atoms with Crippen molar-refractivity contribution in [1.82, 2.24) is 0 Å². The second-order valence-electron chi connectivity index (χ2n) is 5.68. The van der Waals surface area contributed by atoms with E-state index in [1.807, 2.05) is 0 Å². The topological polar surface area (TPSA) is 23.8 Å². The van der Waals surface area contributed by atoms with Crippen LogP contribution in [0.25, 0.3) is 0 Å². The maximum Gasteiger partial charge on any atom is 0.0689 e. The van der Waals surface area contributed by atoms with Gasteiger partial charge in [-0.05, 0) is 61.6 Å². The highest BCUT2D eigenvalue weighted by Crippen LogP contribution is 2.57. The first-order valence-corrected chi connectivity index (χ1v) is 7.15. The predicted octanol–water partition coefficient (Wildman–Crippen LogP) is 4.56. The molecule has 0 unspecified atom stereocenters. The molecule has 3 aliphatic rings. The van der Waals surface area contributed by atoms with Gasteiger partial charge in [-0.3, -0.25) is 0 Å². The molecule has 0 N–H and O–H groups in total. The van der Waals surface area contributed by atoms with Crippen LogP contribution in [0.15, 0.2) is 28.7 Å². The van der Waals surface area contributed by atoms with E-state index in [1.54, 1.807) is 0 Å². The van der Waals surface area contributed by atoms with Gasteiger partial charge in [-0.25, -0.2) is 0 Å². The number of fused-ring (bicyclic) bond motifs is 3. The van der Waals surface area contributed by atoms with Gasteiger partial charge in [0, 0.05) is 4.47 Å². The molecule has 0 heterocycles. The molecule has 3 saturated carbocycles. The molecule has 0 spiro atoms. The summed E-state index contributed by atoms with van der Waals surface area (Å²) >= 11 is 3.50. The smallest absolute Gasteiger partial charge is 0.0689 e. The Morgan fingerprint density at radius 2 is 1.47 bits per heavy atom. The normalized spacial score (nSPS) is 35.5. The van der Waals surface area contributed by atoms with Crippen molar-refractivity contribution in [3.8, 4) is 6.07 Å². The molecule has 2 heteroatoms. The molecule has 0 amide bonds. The van der Waals surface area contributed by atoms with E-state index in [-0.39, 0.29) is 5.41 Å². The third-order valence-corrected chi connectivity index (χ3v) is 5.47. The molecule has 88 valence electrons. The van der Waals surface area contributed by atoms with E-state index >= 15 is 0 Å². The summed E-state index contributed by atoms with van der Waals surface area (Å²) in [6.45, 7) is 0. The molecule has 1 aromatic rings. The Morgan fingerprint density at radius 3 is 1.94 bits per heavy atom. The Morgan fingerprint density at radius 1 is 0.941 bits per heavy atom. The highest BCUT2D eigenvalue weighted by molar-refractivity contribution is 9.10. The lowest BCUT2D eigenvalue weighted by Gasteiger charge is -2.50. The van der Waals surface area contributed by atoms with Crippen LogP contribution < -0.4 is 0 Å². The highest BCUT2D eigenvalue weighted by atomic mass is 79.9. The van der Waals surface area contributed by atoms with E-state index in [1.165, 1.54) is 24.8 Å². The first-order valence-electron chi connectivity index (χ1n) is 6.36. The summed E-state index contributed by atoms with van der Waals surface area (Å²) in [4.78, 5) is 0. The average molecular weight is 290 g/mol. The van der Waals surface area contributed by atoms with Crippen LogP contribution in [0.1, 0.15) is 44.1 Å². The fraction of sp³-hybridized carbons (Fsp3) is 0.533. The summed E-state index contributed by atoms with van der Waals surface area (Å²) in [5, 5.41) is 9.30. The van der Waals surface area contributed by atoms with Crippen LogP contribution >= 0.6 is 15.9 Å². The fourth-order valence-electron chi connectivity index (χ4n) is 3.59. The van der Waals surface area contributed by atoms with E-state index in [2.05, 4.69) is 46.3 Å². The third-order valence-electron chi connectivity index (χ3n) is 4.94. The Labute approximate surface area is 111 Å². The van der Waals surface area contributed by atoms with E-state index in [0.717, 1.165) is 23.7 Å². The Balaban J connectivity index is 1.91. The summed E-state index contributed by atoms with van der Waals surface area (Å²) in [5.41, 5.74) is 1.88. The molecule has 0 aromatic heterocycles. The number of hydrogen-bond donors (Lipinski definition) is 0. The van der Waals surface area contributed by atoms with Gasteiger partial charge in [-0.1, -0.05) is 28.1 Å². The second kappa shape index (κ2) is 3.85. The zero-order valence-corrected chi connectivity index (χ0v) is 11.5. The lowest BCUT2D eigenvalue weighted by Crippen LogP contribution is -2.43. The minimum Gasteiger partial charge on any atom is -0.198 e. The van der Waals surface area contributed by atoms with Gasteiger partial charge in [0.1, 0.15) is 0 Å². The summed E-state index contributed by atoms with van der Waals surface area (Å²) < 4.78 is 1.15. The molecule has 0 atom stereocenters. The molecule has 0 radical (unpaired) electrons. The van der Waals surface area contributed by atoms with Crippen molar-refractivity contribution in [1.29, 1.82) is 5.26 Å². The molecular formula is C15H16BrN. The van der Waals surface area contributed by atoms with Crippen LogP contribution in [-0.2, 0) is 5.41 Å². The fourth-order valence-corrected chi connectivity index (χ4v) is 3.85. The van der Waals surface area contributed by atoms with Gasteiger partial charge >= 0.3 is 0 Å². The number of nitriles is 1. The van der Waals surface area contributed by atoms with Gasteiger partial charge < -0.3 is 0 Å². The Kier molecular flexibility index (Phi) is 2.56. The molecular weight excluding hydrogens is 274 g/mol. The van der Waals surface area contributed by atoms with Crippen LogP contribution in [0.5, 0.6) is 0 Å². The number of rotatable bonds is 1. The van der Waals surface area contributed by atoms with Crippen molar-refractivity contribution in [3.05, 3.63) is 34.3 Å². The van der Waals surface area contributed by atoms with E-state index in [4.69, 9.17) is 0 Å². The van der Waals surface area contributed by atoms with E-state index < -0.39 is 0 Å². The summed E-state index contributed by atoms with van der Waals surface area (Å²) in [6, 6.07) is 11.4. The van der Waals surface area contributed by atoms with Crippen molar-refractivity contribution in [2.45, 2.75) is 43.9 Å². The highest BCUT2D eigenvalue weighted by Gasteiger charge is 2.49. The van der Waals surface area contributed by atoms with E-state index in [9.17, 15) is 5.26 Å². The van der Waals surface area contributed by atoms with Crippen LogP contribution in [-0.4, -0.2) is 0 Å². The van der Waals surface area contributed by atoms with E-state index in [0.29, 0.717) is 5.41 Å². The maximum atomic E-state index is 9.30. The zero-order chi connectivity index (χ0) is 11.9. The van der Waals surface area contributed by atoms with Gasteiger partial charge in [0.15, 0.2) is 0 Å². The second-order valence-corrected chi connectivity index (χ2v) is 6.60. The van der Waals surface area contributed by atoms with Crippen molar-refractivity contribution >= 4 is 15.9 Å². The van der Waals surface area contributed by atoms with Crippen LogP contribution in [0.2, 0.25) is 0 Å². The van der Waals surface area contributed by atoms with Crippen molar-refractivity contribution in [2.24, 2.45) is 5.41 Å². The van der Waals surface area contributed by atoms with Gasteiger partial charge in [0.25, 0.3) is 0 Å². The van der Waals surface area contributed by atoms with Crippen LogP contribution in [0.4, 0.5) is 0 Å². The molecule has 1 aromatic carbocycles. The van der Waals surface area contributed by atoms with Crippen LogP contribution in [0.3, 0.4) is 0 Å². The largest absolute Gasteiger partial charge is 0.198 e. The number of nitrogens with zero attached hydrogens (tertiary/aromatic N) is 1. The molecule has 17 heavy (non-hydrogen) atoms. The van der Waals surface area contributed by atoms with Crippen molar-refractivity contribution in [2.75, 3.05) is 0 Å². The minimum atomic E-state index is 0.0249. The lowest BCUT2D eigenvalue weighted by molar-refractivity contribution is 0.0849. The number of benzene rings is 1. The molecule has 2 bridgehead atoms. The Bertz CT molecular complexity index is 444. The predicted molar refractivity (Wildman–Crippen MR) is 71.6 cm³/mol. The first-order chi connectivity index (χ1) is 8.18. The lowest BCUT2D eigenvalue weighted by atomic mass is 9.52. The molecule has 3 fully saturated rings. The molecule has 0 aliphatic heterocycles. The molecule has 4 rings (SSSR count). The standard InChI is InChI=1S/C15H16BrN/c16-13-3-1-12(2-4-13)15-8-5-14(11-17,6-9-15)7-10-15/h1-4H,5-10H2. The average Bonchev–Trinajstić information content (AvgIpc) is 2.41. The van der Waals surface area contributed by atoms with Gasteiger partial charge in [-0.2, -0.15) is 5.26 Å². The van der Waals surface area contributed by atoms with Crippen molar-refractivity contribution < 1.29 is 0 Å². The number of hydrogen-bond acceptors (Lipinski definition) is 1. The maximum absolute atomic E-state index is 9.30. The summed E-state index contributed by atoms with van der Waals surface area (Å²) in [7, 11) is 0. The first kappa shape index (κ1) is 11.3. The SMILES string of the molecule is N#CC12CCC(c3ccc(Br)cc3)(CC1)CC2. The molecule has 0 saturated heterocycles.